The fraction of sp³-hybridized carbons (Fsp3) is 0.227. The average Bonchev–Trinajstić information content (AvgIpc) is 3.35. The monoisotopic (exact) mass is 389 g/mol. The Hall–Kier alpha value is -3.45. The molecule has 0 unspecified atom stereocenters. The van der Waals surface area contributed by atoms with Crippen molar-refractivity contribution < 1.29 is 9.63 Å². The molecule has 0 saturated carbocycles. The van der Waals surface area contributed by atoms with Gasteiger partial charge in [0.15, 0.2) is 0 Å². The third-order valence-corrected chi connectivity index (χ3v) is 4.75. The second kappa shape index (κ2) is 8.28. The van der Waals surface area contributed by atoms with Crippen LogP contribution in [0.3, 0.4) is 0 Å². The van der Waals surface area contributed by atoms with Gasteiger partial charge in [-0.3, -0.25) is 0 Å². The van der Waals surface area contributed by atoms with Crippen molar-refractivity contribution in [3.8, 4) is 0 Å². The van der Waals surface area contributed by atoms with E-state index in [4.69, 9.17) is 4.84 Å². The van der Waals surface area contributed by atoms with Crippen LogP contribution in [0.1, 0.15) is 21.5 Å². The molecule has 0 aliphatic carbocycles. The van der Waals surface area contributed by atoms with Gasteiger partial charge in [0.1, 0.15) is 12.7 Å². The molecule has 0 aliphatic heterocycles. The van der Waals surface area contributed by atoms with Crippen molar-refractivity contribution >= 4 is 16.9 Å². The lowest BCUT2D eigenvalue weighted by Crippen LogP contribution is -2.19. The highest BCUT2D eigenvalue weighted by molar-refractivity contribution is 5.91. The molecule has 7 nitrogen and oxygen atoms in total. The molecular formula is C22H23N5O2. The van der Waals surface area contributed by atoms with Crippen molar-refractivity contribution in [3.05, 3.63) is 84.1 Å². The molecule has 7 heteroatoms. The summed E-state index contributed by atoms with van der Waals surface area (Å²) in [5.74, 6) is -0.381. The van der Waals surface area contributed by atoms with Gasteiger partial charge in [0.05, 0.1) is 17.6 Å². The van der Waals surface area contributed by atoms with Crippen molar-refractivity contribution in [2.24, 2.45) is 0 Å². The maximum atomic E-state index is 12.5. The zero-order valence-electron chi connectivity index (χ0n) is 16.5. The molecule has 0 fully saturated rings. The summed E-state index contributed by atoms with van der Waals surface area (Å²) in [7, 11) is 4.09. The van der Waals surface area contributed by atoms with Crippen LogP contribution in [0.5, 0.6) is 0 Å². The number of likely N-dealkylation sites (N-methyl/N-ethyl adjacent to an activating group) is 1. The first-order valence-corrected chi connectivity index (χ1v) is 9.48. The Labute approximate surface area is 169 Å². The van der Waals surface area contributed by atoms with E-state index in [1.54, 1.807) is 27.9 Å². The van der Waals surface area contributed by atoms with Crippen LogP contribution in [-0.4, -0.2) is 51.0 Å². The van der Waals surface area contributed by atoms with Crippen LogP contribution in [0.25, 0.3) is 10.9 Å². The number of hydrogen-bond donors (Lipinski definition) is 0. The minimum Gasteiger partial charge on any atom is -0.331 e. The molecule has 0 amide bonds. The lowest BCUT2D eigenvalue weighted by Gasteiger charge is -2.08. The molecule has 0 radical (unpaired) electrons. The topological polar surface area (TPSA) is 65.2 Å². The first kappa shape index (κ1) is 18.9. The number of nitrogens with zero attached hydrogens (tertiary/aromatic N) is 5. The lowest BCUT2D eigenvalue weighted by molar-refractivity contribution is 0.0482. The van der Waals surface area contributed by atoms with Gasteiger partial charge in [-0.2, -0.15) is 9.83 Å². The van der Waals surface area contributed by atoms with Crippen LogP contribution in [-0.2, 0) is 13.0 Å². The highest BCUT2D eigenvalue weighted by Gasteiger charge is 2.15. The Morgan fingerprint density at radius 1 is 1.14 bits per heavy atom. The largest absolute Gasteiger partial charge is 0.363 e. The summed E-state index contributed by atoms with van der Waals surface area (Å²) in [5.41, 5.74) is 3.63. The summed E-state index contributed by atoms with van der Waals surface area (Å²) < 4.78 is 3.36. The molecule has 0 spiro atoms. The van der Waals surface area contributed by atoms with Gasteiger partial charge in [-0.25, -0.2) is 14.5 Å². The lowest BCUT2D eigenvalue weighted by atomic mass is 10.1. The quantitative estimate of drug-likeness (QED) is 0.486. The molecule has 0 atom stereocenters. The molecular weight excluding hydrogens is 366 g/mol. The maximum Gasteiger partial charge on any atom is 0.363 e. The fourth-order valence-electron chi connectivity index (χ4n) is 3.25. The van der Waals surface area contributed by atoms with E-state index in [1.807, 2.05) is 50.6 Å². The van der Waals surface area contributed by atoms with Gasteiger partial charge in [-0.05, 0) is 55.9 Å². The van der Waals surface area contributed by atoms with E-state index in [9.17, 15) is 4.79 Å². The van der Waals surface area contributed by atoms with Gasteiger partial charge in [-0.1, -0.05) is 24.3 Å². The molecule has 0 saturated heterocycles. The third-order valence-electron chi connectivity index (χ3n) is 4.75. The number of fused-ring (bicyclic) bond motifs is 1. The van der Waals surface area contributed by atoms with E-state index in [1.165, 1.54) is 6.33 Å². The second-order valence-corrected chi connectivity index (χ2v) is 7.22. The van der Waals surface area contributed by atoms with E-state index in [2.05, 4.69) is 21.0 Å². The highest BCUT2D eigenvalue weighted by atomic mass is 16.7. The second-order valence-electron chi connectivity index (χ2n) is 7.22. The normalized spacial score (nSPS) is 11.3. The Balaban J connectivity index is 1.67. The van der Waals surface area contributed by atoms with Gasteiger partial charge in [0, 0.05) is 18.1 Å². The number of benzene rings is 2. The van der Waals surface area contributed by atoms with E-state index in [0.717, 1.165) is 35.0 Å². The number of aromatic nitrogens is 4. The van der Waals surface area contributed by atoms with Crippen LogP contribution >= 0.6 is 0 Å². The highest BCUT2D eigenvalue weighted by Crippen LogP contribution is 2.24. The van der Waals surface area contributed by atoms with Gasteiger partial charge in [0.25, 0.3) is 0 Å². The van der Waals surface area contributed by atoms with Crippen molar-refractivity contribution in [2.45, 2.75) is 13.0 Å². The van der Waals surface area contributed by atoms with Crippen LogP contribution in [0.2, 0.25) is 0 Å². The maximum absolute atomic E-state index is 12.5. The van der Waals surface area contributed by atoms with Gasteiger partial charge in [0.2, 0.25) is 0 Å². The SMILES string of the molecule is CN(C)CCc1cn(OC(=O)c2ccccc2)c2ccc(Cn3cncn3)cc12. The van der Waals surface area contributed by atoms with E-state index >= 15 is 0 Å². The molecule has 2 aromatic carbocycles. The summed E-state index contributed by atoms with van der Waals surface area (Å²) in [5, 5.41) is 5.25. The zero-order chi connectivity index (χ0) is 20.2. The number of carbonyl (C=O) groups is 1. The van der Waals surface area contributed by atoms with E-state index < -0.39 is 0 Å². The molecule has 2 aromatic heterocycles. The van der Waals surface area contributed by atoms with E-state index in [0.29, 0.717) is 12.1 Å². The Kier molecular flexibility index (Phi) is 5.39. The van der Waals surface area contributed by atoms with Gasteiger partial charge >= 0.3 is 5.97 Å². The van der Waals surface area contributed by atoms with E-state index in [-0.39, 0.29) is 5.97 Å². The van der Waals surface area contributed by atoms with Crippen molar-refractivity contribution in [3.63, 3.8) is 0 Å². The Morgan fingerprint density at radius 2 is 1.97 bits per heavy atom. The van der Waals surface area contributed by atoms with Crippen LogP contribution in [0.4, 0.5) is 0 Å². The molecule has 4 aromatic rings. The molecule has 4 rings (SSSR count). The molecule has 0 N–H and O–H groups in total. The number of carbonyl (C=O) groups excluding carboxylic acids is 1. The first-order valence-electron chi connectivity index (χ1n) is 9.48. The number of rotatable bonds is 7. The van der Waals surface area contributed by atoms with Gasteiger partial charge in [-0.15, -0.1) is 0 Å². The summed E-state index contributed by atoms with van der Waals surface area (Å²) in [4.78, 5) is 24.4. The van der Waals surface area contributed by atoms with Crippen LogP contribution < -0.4 is 4.84 Å². The van der Waals surface area contributed by atoms with Crippen molar-refractivity contribution in [2.75, 3.05) is 20.6 Å². The fourth-order valence-corrected chi connectivity index (χ4v) is 3.25. The summed E-state index contributed by atoms with van der Waals surface area (Å²) in [6.07, 6.45) is 5.99. The number of hydrogen-bond acceptors (Lipinski definition) is 5. The Morgan fingerprint density at radius 3 is 2.69 bits per heavy atom. The smallest absolute Gasteiger partial charge is 0.331 e. The minimum atomic E-state index is -0.381. The molecule has 2 heterocycles. The molecule has 148 valence electrons. The summed E-state index contributed by atoms with van der Waals surface area (Å²) >= 11 is 0. The molecule has 0 bridgehead atoms. The minimum absolute atomic E-state index is 0.381. The predicted molar refractivity (Wildman–Crippen MR) is 111 cm³/mol. The molecule has 0 aliphatic rings. The first-order chi connectivity index (χ1) is 14.1. The predicted octanol–water partition coefficient (Wildman–Crippen LogP) is 2.65. The molecule has 29 heavy (non-hydrogen) atoms. The third kappa shape index (κ3) is 4.35. The Bertz CT molecular complexity index is 1100. The van der Waals surface area contributed by atoms with Crippen molar-refractivity contribution in [1.29, 1.82) is 0 Å². The zero-order valence-corrected chi connectivity index (χ0v) is 16.5. The summed E-state index contributed by atoms with van der Waals surface area (Å²) in [6, 6.07) is 15.2. The standard InChI is InChI=1S/C22H23N5O2/c1-25(2)11-10-19-14-27(29-22(28)18-6-4-3-5-7-18)21-9-8-17(12-20(19)21)13-26-16-23-15-24-26/h3-9,12,14-16H,10-11,13H2,1-2H3. The summed E-state index contributed by atoms with van der Waals surface area (Å²) in [6.45, 7) is 1.54. The van der Waals surface area contributed by atoms with Crippen molar-refractivity contribution in [1.82, 2.24) is 24.4 Å². The van der Waals surface area contributed by atoms with Crippen LogP contribution in [0, 0.1) is 0 Å². The van der Waals surface area contributed by atoms with Crippen LogP contribution in [0.15, 0.2) is 67.4 Å². The van der Waals surface area contributed by atoms with Gasteiger partial charge < -0.3 is 9.74 Å². The average molecular weight is 389 g/mol.